The van der Waals surface area contributed by atoms with Crippen molar-refractivity contribution in [2.24, 2.45) is 10.9 Å². The van der Waals surface area contributed by atoms with Crippen molar-refractivity contribution in [1.82, 2.24) is 0 Å². The van der Waals surface area contributed by atoms with Crippen LogP contribution >= 0.6 is 27.7 Å². The molecule has 7 heteroatoms. The Morgan fingerprint density at radius 2 is 2.05 bits per heavy atom. The molecule has 0 saturated carbocycles. The standard InChI is InChI=1S/C13H17BrFN3OS/c1-7-5-18(6-8(2)20-7)10-4-3-9(13(16)17-19)11(14)12(10)15/h3-4,7-8,19H,5-6H2,1-2H3,(H2,16,17). The van der Waals surface area contributed by atoms with Crippen LogP contribution in [0.5, 0.6) is 0 Å². The molecule has 1 saturated heterocycles. The van der Waals surface area contributed by atoms with Crippen molar-refractivity contribution >= 4 is 39.2 Å². The average Bonchev–Trinajstić information content (AvgIpc) is 2.39. The lowest BCUT2D eigenvalue weighted by atomic mass is 10.1. The predicted molar refractivity (Wildman–Crippen MR) is 85.3 cm³/mol. The van der Waals surface area contributed by atoms with E-state index in [-0.39, 0.29) is 16.1 Å². The zero-order chi connectivity index (χ0) is 14.9. The van der Waals surface area contributed by atoms with Gasteiger partial charge in [-0.05, 0) is 28.1 Å². The van der Waals surface area contributed by atoms with Gasteiger partial charge < -0.3 is 15.8 Å². The fourth-order valence-corrected chi connectivity index (χ4v) is 4.27. The first kappa shape index (κ1) is 15.4. The van der Waals surface area contributed by atoms with E-state index in [4.69, 9.17) is 10.9 Å². The smallest absolute Gasteiger partial charge is 0.171 e. The molecule has 1 aliphatic rings. The summed E-state index contributed by atoms with van der Waals surface area (Å²) >= 11 is 5.10. The summed E-state index contributed by atoms with van der Waals surface area (Å²) in [6.45, 7) is 5.90. The summed E-state index contributed by atoms with van der Waals surface area (Å²) in [6.07, 6.45) is 0. The molecule has 1 heterocycles. The van der Waals surface area contributed by atoms with E-state index in [9.17, 15) is 4.39 Å². The van der Waals surface area contributed by atoms with Crippen molar-refractivity contribution in [1.29, 1.82) is 0 Å². The Morgan fingerprint density at radius 3 is 2.60 bits per heavy atom. The topological polar surface area (TPSA) is 61.8 Å². The van der Waals surface area contributed by atoms with Crippen LogP contribution in [0.4, 0.5) is 10.1 Å². The van der Waals surface area contributed by atoms with Gasteiger partial charge in [-0.2, -0.15) is 11.8 Å². The molecule has 2 unspecified atom stereocenters. The Labute approximate surface area is 130 Å². The fraction of sp³-hybridized carbons (Fsp3) is 0.462. The highest BCUT2D eigenvalue weighted by atomic mass is 79.9. The lowest BCUT2D eigenvalue weighted by molar-refractivity contribution is 0.318. The summed E-state index contributed by atoms with van der Waals surface area (Å²) in [5.74, 6) is -0.487. The number of halogens is 2. The van der Waals surface area contributed by atoms with E-state index < -0.39 is 0 Å². The highest BCUT2D eigenvalue weighted by Crippen LogP contribution is 2.33. The van der Waals surface area contributed by atoms with E-state index in [1.165, 1.54) is 0 Å². The first-order valence-corrected chi connectivity index (χ1v) is 8.04. The molecule has 3 N–H and O–H groups in total. The van der Waals surface area contributed by atoms with Crippen LogP contribution < -0.4 is 10.6 Å². The van der Waals surface area contributed by atoms with Gasteiger partial charge in [-0.15, -0.1) is 0 Å². The van der Waals surface area contributed by atoms with Crippen molar-refractivity contribution < 1.29 is 9.60 Å². The van der Waals surface area contributed by atoms with E-state index in [2.05, 4.69) is 34.9 Å². The van der Waals surface area contributed by atoms with Crippen LogP contribution in [0.1, 0.15) is 19.4 Å². The molecule has 0 aromatic heterocycles. The van der Waals surface area contributed by atoms with Gasteiger partial charge in [0.05, 0.1) is 10.2 Å². The fourth-order valence-electron chi connectivity index (χ4n) is 2.41. The highest BCUT2D eigenvalue weighted by molar-refractivity contribution is 9.10. The third-order valence-corrected chi connectivity index (χ3v) is 5.21. The van der Waals surface area contributed by atoms with Crippen molar-refractivity contribution in [3.63, 3.8) is 0 Å². The van der Waals surface area contributed by atoms with Crippen LogP contribution in [0.3, 0.4) is 0 Å². The Morgan fingerprint density at radius 1 is 1.45 bits per heavy atom. The minimum absolute atomic E-state index is 0.113. The Hall–Kier alpha value is -0.950. The molecule has 1 fully saturated rings. The predicted octanol–water partition coefficient (Wildman–Crippen LogP) is 3.01. The van der Waals surface area contributed by atoms with E-state index >= 15 is 0 Å². The van der Waals surface area contributed by atoms with Gasteiger partial charge >= 0.3 is 0 Å². The summed E-state index contributed by atoms with van der Waals surface area (Å²) in [5, 5.41) is 12.5. The third-order valence-electron chi connectivity index (χ3n) is 3.21. The lowest BCUT2D eigenvalue weighted by Crippen LogP contribution is -2.41. The summed E-state index contributed by atoms with van der Waals surface area (Å²) in [7, 11) is 0. The van der Waals surface area contributed by atoms with Crippen LogP contribution in [0, 0.1) is 5.82 Å². The van der Waals surface area contributed by atoms with Crippen LogP contribution in [0.2, 0.25) is 0 Å². The average molecular weight is 362 g/mol. The molecule has 110 valence electrons. The Balaban J connectivity index is 2.36. The summed E-state index contributed by atoms with van der Waals surface area (Å²) < 4.78 is 14.7. The maximum absolute atomic E-state index is 14.5. The van der Waals surface area contributed by atoms with E-state index in [0.29, 0.717) is 21.8 Å². The van der Waals surface area contributed by atoms with Crippen LogP contribution in [0.25, 0.3) is 0 Å². The highest BCUT2D eigenvalue weighted by Gasteiger charge is 2.25. The number of amidine groups is 1. The molecular formula is C13H17BrFN3OS. The number of thioether (sulfide) groups is 1. The SMILES string of the molecule is CC1CN(c2ccc(/C(N)=N/O)c(Br)c2F)CC(C)S1. The first-order chi connectivity index (χ1) is 9.43. The maximum atomic E-state index is 14.5. The van der Waals surface area contributed by atoms with Gasteiger partial charge in [0, 0.05) is 29.2 Å². The minimum Gasteiger partial charge on any atom is -0.409 e. The second-order valence-electron chi connectivity index (χ2n) is 4.91. The van der Waals surface area contributed by atoms with Crippen molar-refractivity contribution in [2.75, 3.05) is 18.0 Å². The summed E-state index contributed by atoms with van der Waals surface area (Å²) in [4.78, 5) is 2.04. The third kappa shape index (κ3) is 3.03. The number of benzene rings is 1. The van der Waals surface area contributed by atoms with E-state index in [0.717, 1.165) is 13.1 Å². The maximum Gasteiger partial charge on any atom is 0.171 e. The molecule has 1 aliphatic heterocycles. The molecule has 0 amide bonds. The number of hydrogen-bond acceptors (Lipinski definition) is 4. The number of hydrogen-bond donors (Lipinski definition) is 2. The van der Waals surface area contributed by atoms with Crippen LogP contribution in [0.15, 0.2) is 21.8 Å². The Kier molecular flexibility index (Phi) is 4.80. The number of nitrogens with two attached hydrogens (primary N) is 1. The van der Waals surface area contributed by atoms with E-state index in [1.807, 2.05) is 16.7 Å². The number of anilines is 1. The molecule has 2 rings (SSSR count). The number of nitrogens with zero attached hydrogens (tertiary/aromatic N) is 2. The molecule has 20 heavy (non-hydrogen) atoms. The lowest BCUT2D eigenvalue weighted by Gasteiger charge is -2.36. The molecule has 0 bridgehead atoms. The first-order valence-electron chi connectivity index (χ1n) is 6.30. The molecule has 1 aromatic rings. The monoisotopic (exact) mass is 361 g/mol. The van der Waals surface area contributed by atoms with Gasteiger partial charge in [-0.25, -0.2) is 4.39 Å². The summed E-state index contributed by atoms with van der Waals surface area (Å²) in [6, 6.07) is 3.34. The minimum atomic E-state index is -0.375. The number of oxime groups is 1. The zero-order valence-corrected chi connectivity index (χ0v) is 13.7. The largest absolute Gasteiger partial charge is 0.409 e. The van der Waals surface area contributed by atoms with Crippen molar-refractivity contribution in [3.05, 3.63) is 28.0 Å². The summed E-state index contributed by atoms with van der Waals surface area (Å²) in [5.41, 5.74) is 6.42. The zero-order valence-electron chi connectivity index (χ0n) is 11.3. The normalized spacial score (nSPS) is 24.0. The van der Waals surface area contributed by atoms with Crippen LogP contribution in [-0.2, 0) is 0 Å². The van der Waals surface area contributed by atoms with Gasteiger partial charge in [0.1, 0.15) is 0 Å². The van der Waals surface area contributed by atoms with Crippen molar-refractivity contribution in [2.45, 2.75) is 24.3 Å². The Bertz CT molecular complexity index is 531. The van der Waals surface area contributed by atoms with E-state index in [1.54, 1.807) is 12.1 Å². The number of rotatable bonds is 2. The van der Waals surface area contributed by atoms with Gasteiger partial charge in [0.15, 0.2) is 11.7 Å². The molecule has 0 radical (unpaired) electrons. The second-order valence-corrected chi connectivity index (χ2v) is 7.58. The molecule has 4 nitrogen and oxygen atoms in total. The van der Waals surface area contributed by atoms with Gasteiger partial charge in [0.2, 0.25) is 0 Å². The van der Waals surface area contributed by atoms with Gasteiger partial charge in [-0.1, -0.05) is 19.0 Å². The molecular weight excluding hydrogens is 345 g/mol. The molecule has 0 aliphatic carbocycles. The van der Waals surface area contributed by atoms with Gasteiger partial charge in [0.25, 0.3) is 0 Å². The quantitative estimate of drug-likeness (QED) is 0.368. The van der Waals surface area contributed by atoms with Crippen molar-refractivity contribution in [3.8, 4) is 0 Å². The molecule has 2 atom stereocenters. The molecule has 1 aromatic carbocycles. The second kappa shape index (κ2) is 6.22. The van der Waals surface area contributed by atoms with Crippen LogP contribution in [-0.4, -0.2) is 34.6 Å². The molecule has 0 spiro atoms. The van der Waals surface area contributed by atoms with Gasteiger partial charge in [-0.3, -0.25) is 0 Å².